The molecule has 0 rings (SSSR count). The smallest absolute Gasteiger partial charge is 0.350 e. The Morgan fingerprint density at radius 2 is 0.868 bits per heavy atom. The summed E-state index contributed by atoms with van der Waals surface area (Å²) in [6.45, 7) is 15.5. The quantitative estimate of drug-likeness (QED) is 0.0280. The number of rotatable bonds is 35. The van der Waals surface area contributed by atoms with Gasteiger partial charge in [-0.25, -0.2) is 24.0 Å². The van der Waals surface area contributed by atoms with E-state index in [0.29, 0.717) is 31.6 Å². The van der Waals surface area contributed by atoms with E-state index in [-0.39, 0.29) is 24.8 Å². The lowest BCUT2D eigenvalue weighted by Gasteiger charge is -2.25. The van der Waals surface area contributed by atoms with Gasteiger partial charge in [-0.05, 0) is 39.5 Å². The molecule has 0 fully saturated rings. The predicted molar refractivity (Wildman–Crippen MR) is 210 cm³/mol. The molecule has 1 unspecified atom stereocenters. The molecule has 0 radical (unpaired) electrons. The highest BCUT2D eigenvalue weighted by Crippen LogP contribution is 2.14. The number of esters is 4. The molecule has 0 aromatic rings. The molecule has 0 heterocycles. The molecule has 53 heavy (non-hydrogen) atoms. The zero-order valence-electron chi connectivity index (χ0n) is 33.8. The van der Waals surface area contributed by atoms with Crippen LogP contribution in [0.5, 0.6) is 0 Å². The number of carbonyl (C=O) groups is 5. The lowest BCUT2D eigenvalue weighted by atomic mass is 10.1. The lowest BCUT2D eigenvalue weighted by Crippen LogP contribution is -2.56. The monoisotopic (exact) mass is 751 g/mol. The van der Waals surface area contributed by atoms with Gasteiger partial charge < -0.3 is 29.6 Å². The third-order valence-electron chi connectivity index (χ3n) is 8.83. The van der Waals surface area contributed by atoms with Gasteiger partial charge in [-0.15, -0.1) is 0 Å². The van der Waals surface area contributed by atoms with Crippen molar-refractivity contribution < 1.29 is 42.9 Å². The molecule has 0 saturated carbocycles. The SMILES string of the molecule is C=C(C)C(=O)OCCCCCCCCCOC(=O)C(OC(=O)C(=C)C)[C@H](NC(=O)NCCCCCC)C(=O)OCCCCCCCCCCCCCC. The summed E-state index contributed by atoms with van der Waals surface area (Å²) in [4.78, 5) is 63.6. The molecule has 2 amide bonds. The third kappa shape index (κ3) is 28.8. The second-order valence-corrected chi connectivity index (χ2v) is 14.2. The van der Waals surface area contributed by atoms with Crippen molar-refractivity contribution in [1.82, 2.24) is 10.6 Å². The van der Waals surface area contributed by atoms with Crippen LogP contribution in [0.2, 0.25) is 0 Å². The van der Waals surface area contributed by atoms with Crippen LogP contribution in [0.15, 0.2) is 24.3 Å². The minimum atomic E-state index is -1.75. The van der Waals surface area contributed by atoms with Crippen molar-refractivity contribution in [2.24, 2.45) is 0 Å². The first-order chi connectivity index (χ1) is 25.5. The topological polar surface area (TPSA) is 146 Å². The van der Waals surface area contributed by atoms with Gasteiger partial charge in [0.05, 0.1) is 19.8 Å². The maximum absolute atomic E-state index is 13.4. The van der Waals surface area contributed by atoms with Crippen molar-refractivity contribution in [3.63, 3.8) is 0 Å². The molecule has 2 N–H and O–H groups in total. The molecule has 11 nitrogen and oxygen atoms in total. The summed E-state index contributed by atoms with van der Waals surface area (Å²) in [6.07, 6.45) is 22.0. The molecule has 2 atom stereocenters. The van der Waals surface area contributed by atoms with Gasteiger partial charge in [0, 0.05) is 17.7 Å². The Balaban J connectivity index is 5.04. The second-order valence-electron chi connectivity index (χ2n) is 14.2. The average Bonchev–Trinajstić information content (AvgIpc) is 3.13. The standard InChI is InChI=1S/C42H74N2O9/c1-7-9-11-13-14-15-16-17-18-20-24-28-32-51-40(47)36(44-42(49)43-30-26-12-10-8-2)37(53-39(46)35(5)6)41(48)52-33-29-25-22-19-21-23-27-31-50-38(45)34(3)4/h36-37H,3,5,7-33H2,1-2,4,6H3,(H2,43,44,49)/t36-,37?/m0/s1. The van der Waals surface area contributed by atoms with Crippen molar-refractivity contribution >= 4 is 29.9 Å². The van der Waals surface area contributed by atoms with E-state index in [9.17, 15) is 24.0 Å². The fraction of sp³-hybridized carbons (Fsp3) is 0.786. The summed E-state index contributed by atoms with van der Waals surface area (Å²) in [5, 5.41) is 5.23. The summed E-state index contributed by atoms with van der Waals surface area (Å²) >= 11 is 0. The first kappa shape index (κ1) is 49.6. The fourth-order valence-electron chi connectivity index (χ4n) is 5.51. The molecule has 0 aliphatic rings. The summed E-state index contributed by atoms with van der Waals surface area (Å²) in [7, 11) is 0. The number of carbonyl (C=O) groups excluding carboxylic acids is 5. The van der Waals surface area contributed by atoms with Gasteiger partial charge in [0.2, 0.25) is 6.10 Å². The Bertz CT molecular complexity index is 1050. The zero-order valence-corrected chi connectivity index (χ0v) is 33.8. The van der Waals surface area contributed by atoms with Crippen LogP contribution < -0.4 is 10.6 Å². The normalized spacial score (nSPS) is 11.9. The van der Waals surface area contributed by atoms with E-state index in [1.54, 1.807) is 6.92 Å². The van der Waals surface area contributed by atoms with E-state index >= 15 is 0 Å². The van der Waals surface area contributed by atoms with Crippen molar-refractivity contribution in [3.8, 4) is 0 Å². The van der Waals surface area contributed by atoms with Gasteiger partial charge >= 0.3 is 29.9 Å². The minimum Gasteiger partial charge on any atom is -0.464 e. The van der Waals surface area contributed by atoms with Crippen LogP contribution in [-0.4, -0.2) is 68.4 Å². The Hall–Kier alpha value is -3.37. The number of ether oxygens (including phenoxy) is 4. The number of hydrogen-bond acceptors (Lipinski definition) is 9. The van der Waals surface area contributed by atoms with Crippen molar-refractivity contribution in [2.45, 2.75) is 188 Å². The number of unbranched alkanes of at least 4 members (excludes halogenated alkanes) is 20. The van der Waals surface area contributed by atoms with Crippen LogP contribution in [-0.2, 0) is 38.1 Å². The molecule has 0 aromatic carbocycles. The van der Waals surface area contributed by atoms with Crippen LogP contribution >= 0.6 is 0 Å². The molecular formula is C42H74N2O9. The highest BCUT2D eigenvalue weighted by Gasteiger charge is 2.41. The highest BCUT2D eigenvalue weighted by atomic mass is 16.6. The van der Waals surface area contributed by atoms with Crippen LogP contribution in [0.1, 0.15) is 175 Å². The van der Waals surface area contributed by atoms with E-state index in [1.807, 2.05) is 0 Å². The summed E-state index contributed by atoms with van der Waals surface area (Å²) in [5.74, 6) is -3.08. The van der Waals surface area contributed by atoms with Crippen molar-refractivity contribution in [1.29, 1.82) is 0 Å². The Morgan fingerprint density at radius 3 is 1.30 bits per heavy atom. The molecule has 0 aliphatic carbocycles. The summed E-state index contributed by atoms with van der Waals surface area (Å²) < 4.78 is 21.5. The lowest BCUT2D eigenvalue weighted by molar-refractivity contribution is -0.172. The summed E-state index contributed by atoms with van der Waals surface area (Å²) in [5.41, 5.74) is 0.419. The molecule has 0 aliphatic heterocycles. The summed E-state index contributed by atoms with van der Waals surface area (Å²) in [6, 6.07) is -2.28. The fourth-order valence-corrected chi connectivity index (χ4v) is 5.51. The van der Waals surface area contributed by atoms with E-state index in [2.05, 4.69) is 37.6 Å². The molecule has 0 saturated heterocycles. The number of urea groups is 1. The molecule has 0 spiro atoms. The maximum Gasteiger partial charge on any atom is 0.350 e. The van der Waals surface area contributed by atoms with Gasteiger partial charge in [-0.2, -0.15) is 0 Å². The second kappa shape index (κ2) is 34.4. The van der Waals surface area contributed by atoms with Gasteiger partial charge in [-0.1, -0.05) is 149 Å². The molecule has 306 valence electrons. The maximum atomic E-state index is 13.4. The number of nitrogens with one attached hydrogen (secondary N) is 2. The molecule has 0 bridgehead atoms. The van der Waals surface area contributed by atoms with E-state index < -0.39 is 36.1 Å². The average molecular weight is 751 g/mol. The zero-order chi connectivity index (χ0) is 39.5. The number of amides is 2. The highest BCUT2D eigenvalue weighted by molar-refractivity contribution is 5.94. The van der Waals surface area contributed by atoms with Crippen LogP contribution in [0, 0.1) is 0 Å². The number of hydrogen-bond donors (Lipinski definition) is 2. The first-order valence-corrected chi connectivity index (χ1v) is 20.6. The van der Waals surface area contributed by atoms with Crippen molar-refractivity contribution in [2.75, 3.05) is 26.4 Å². The Morgan fingerprint density at radius 1 is 0.491 bits per heavy atom. The van der Waals surface area contributed by atoms with Gasteiger partial charge in [-0.3, -0.25) is 0 Å². The third-order valence-corrected chi connectivity index (χ3v) is 8.83. The largest absolute Gasteiger partial charge is 0.464 e. The van der Waals surface area contributed by atoms with Crippen molar-refractivity contribution in [3.05, 3.63) is 24.3 Å². The molecule has 11 heteroatoms. The molecule has 0 aromatic heterocycles. The molecular weight excluding hydrogens is 676 g/mol. The van der Waals surface area contributed by atoms with Gasteiger partial charge in [0.15, 0.2) is 6.04 Å². The van der Waals surface area contributed by atoms with E-state index in [1.165, 1.54) is 58.3 Å². The predicted octanol–water partition coefficient (Wildman–Crippen LogP) is 9.36. The minimum absolute atomic E-state index is 0.0285. The van der Waals surface area contributed by atoms with E-state index in [0.717, 1.165) is 83.5 Å². The van der Waals surface area contributed by atoms with E-state index in [4.69, 9.17) is 18.9 Å². The van der Waals surface area contributed by atoms with Crippen LogP contribution in [0.3, 0.4) is 0 Å². The Labute approximate surface area is 321 Å². The van der Waals surface area contributed by atoms with Crippen LogP contribution in [0.25, 0.3) is 0 Å². The Kier molecular flexibility index (Phi) is 32.2. The van der Waals surface area contributed by atoms with Gasteiger partial charge in [0.25, 0.3) is 0 Å². The van der Waals surface area contributed by atoms with Crippen LogP contribution in [0.4, 0.5) is 4.79 Å². The first-order valence-electron chi connectivity index (χ1n) is 20.6. The van der Waals surface area contributed by atoms with Gasteiger partial charge in [0.1, 0.15) is 0 Å².